The summed E-state index contributed by atoms with van der Waals surface area (Å²) in [5.41, 5.74) is 1.16. The number of thioether (sulfide) groups is 1. The summed E-state index contributed by atoms with van der Waals surface area (Å²) in [5.74, 6) is 0.927. The van der Waals surface area contributed by atoms with Gasteiger partial charge in [0.05, 0.1) is 5.69 Å². The summed E-state index contributed by atoms with van der Waals surface area (Å²) in [5, 5.41) is 0.444. The van der Waals surface area contributed by atoms with E-state index in [0.717, 1.165) is 11.5 Å². The van der Waals surface area contributed by atoms with Crippen LogP contribution in [0.3, 0.4) is 0 Å². The Balaban J connectivity index is 3.01. The van der Waals surface area contributed by atoms with Crippen molar-refractivity contribution in [2.24, 2.45) is 0 Å². The monoisotopic (exact) mass is 210 g/mol. The molecule has 0 spiro atoms. The van der Waals surface area contributed by atoms with Gasteiger partial charge in [-0.25, -0.2) is 9.97 Å². The summed E-state index contributed by atoms with van der Waals surface area (Å²) in [6.45, 7) is 8.57. The van der Waals surface area contributed by atoms with Crippen molar-refractivity contribution in [3.05, 3.63) is 23.8 Å². The summed E-state index contributed by atoms with van der Waals surface area (Å²) < 4.78 is 0. The molecule has 1 aromatic rings. The molecule has 0 aromatic carbocycles. The molecule has 0 saturated heterocycles. The van der Waals surface area contributed by atoms with Crippen LogP contribution in [-0.2, 0) is 5.41 Å². The van der Waals surface area contributed by atoms with Crippen molar-refractivity contribution in [1.29, 1.82) is 0 Å². The molecule has 2 nitrogen and oxygen atoms in total. The molecule has 78 valence electrons. The first kappa shape index (κ1) is 11.5. The van der Waals surface area contributed by atoms with Crippen molar-refractivity contribution >= 4 is 11.8 Å². The Labute approximate surface area is 90.5 Å². The molecule has 1 atom stereocenters. The van der Waals surface area contributed by atoms with Crippen LogP contribution >= 0.6 is 11.8 Å². The van der Waals surface area contributed by atoms with Crippen LogP contribution in [0.1, 0.15) is 44.5 Å². The minimum Gasteiger partial charge on any atom is -0.241 e. The van der Waals surface area contributed by atoms with Crippen molar-refractivity contribution in [3.63, 3.8) is 0 Å². The lowest BCUT2D eigenvalue weighted by molar-refractivity contribution is 0.541. The van der Waals surface area contributed by atoms with E-state index in [9.17, 15) is 0 Å². The normalized spacial score (nSPS) is 14.1. The highest BCUT2D eigenvalue weighted by atomic mass is 32.2. The molecule has 0 aliphatic heterocycles. The highest BCUT2D eigenvalue weighted by molar-refractivity contribution is 7.98. The summed E-state index contributed by atoms with van der Waals surface area (Å²) >= 11 is 1.81. The van der Waals surface area contributed by atoms with Crippen LogP contribution in [0.25, 0.3) is 0 Å². The number of aromatic nitrogens is 2. The minimum absolute atomic E-state index is 0.0359. The van der Waals surface area contributed by atoms with Gasteiger partial charge in [-0.2, -0.15) is 11.8 Å². The Bertz CT molecular complexity index is 304. The van der Waals surface area contributed by atoms with Crippen LogP contribution in [0.4, 0.5) is 0 Å². The highest BCUT2D eigenvalue weighted by Crippen LogP contribution is 2.25. The average molecular weight is 210 g/mol. The lowest BCUT2D eigenvalue weighted by Gasteiger charge is -2.18. The van der Waals surface area contributed by atoms with Crippen molar-refractivity contribution in [3.8, 4) is 0 Å². The van der Waals surface area contributed by atoms with E-state index in [1.807, 2.05) is 12.3 Å². The zero-order chi connectivity index (χ0) is 10.8. The van der Waals surface area contributed by atoms with Gasteiger partial charge < -0.3 is 0 Å². The molecular formula is C11H18N2S. The molecule has 1 rings (SSSR count). The van der Waals surface area contributed by atoms with E-state index >= 15 is 0 Å². The summed E-state index contributed by atoms with van der Waals surface area (Å²) in [6.07, 6.45) is 3.96. The van der Waals surface area contributed by atoms with Crippen LogP contribution < -0.4 is 0 Å². The molecule has 1 heterocycles. The molecule has 3 heteroatoms. The van der Waals surface area contributed by atoms with Crippen LogP contribution in [-0.4, -0.2) is 16.2 Å². The smallest absolute Gasteiger partial charge is 0.133 e. The SMILES string of the molecule is CSC(C)c1ccnc(C(C)(C)C)n1. The Hall–Kier alpha value is -0.570. The fourth-order valence-electron chi connectivity index (χ4n) is 1.08. The maximum atomic E-state index is 4.58. The number of hydrogen-bond acceptors (Lipinski definition) is 3. The van der Waals surface area contributed by atoms with Gasteiger partial charge in [-0.1, -0.05) is 20.8 Å². The average Bonchev–Trinajstić information content (AvgIpc) is 2.15. The molecule has 0 fully saturated rings. The second-order valence-electron chi connectivity index (χ2n) is 4.43. The van der Waals surface area contributed by atoms with E-state index in [-0.39, 0.29) is 5.41 Å². The Morgan fingerprint density at radius 2 is 2.00 bits per heavy atom. The fraction of sp³-hybridized carbons (Fsp3) is 0.636. The Morgan fingerprint density at radius 3 is 2.50 bits per heavy atom. The second kappa shape index (κ2) is 4.30. The topological polar surface area (TPSA) is 25.8 Å². The van der Waals surface area contributed by atoms with Crippen molar-refractivity contribution < 1.29 is 0 Å². The molecule has 0 bridgehead atoms. The Morgan fingerprint density at radius 1 is 1.36 bits per heavy atom. The van der Waals surface area contributed by atoms with Gasteiger partial charge in [0.15, 0.2) is 0 Å². The van der Waals surface area contributed by atoms with E-state index in [2.05, 4.69) is 43.9 Å². The van der Waals surface area contributed by atoms with Crippen molar-refractivity contribution in [1.82, 2.24) is 9.97 Å². The van der Waals surface area contributed by atoms with Crippen LogP contribution in [0.15, 0.2) is 12.3 Å². The molecule has 0 aliphatic rings. The number of hydrogen-bond donors (Lipinski definition) is 0. The predicted octanol–water partition coefficient (Wildman–Crippen LogP) is 3.20. The quantitative estimate of drug-likeness (QED) is 0.749. The third kappa shape index (κ3) is 2.71. The highest BCUT2D eigenvalue weighted by Gasteiger charge is 2.18. The van der Waals surface area contributed by atoms with E-state index in [0.29, 0.717) is 5.25 Å². The number of rotatable bonds is 2. The van der Waals surface area contributed by atoms with Gasteiger partial charge >= 0.3 is 0 Å². The fourth-order valence-corrected chi connectivity index (χ4v) is 1.45. The third-order valence-electron chi connectivity index (χ3n) is 2.12. The van der Waals surface area contributed by atoms with Crippen LogP contribution in [0.2, 0.25) is 0 Å². The third-order valence-corrected chi connectivity index (χ3v) is 3.07. The van der Waals surface area contributed by atoms with Crippen LogP contribution in [0, 0.1) is 0 Å². The van der Waals surface area contributed by atoms with E-state index in [1.54, 1.807) is 11.8 Å². The predicted molar refractivity (Wildman–Crippen MR) is 62.7 cm³/mol. The van der Waals surface area contributed by atoms with Gasteiger partial charge in [0.25, 0.3) is 0 Å². The molecule has 14 heavy (non-hydrogen) atoms. The van der Waals surface area contributed by atoms with Crippen molar-refractivity contribution in [2.45, 2.75) is 38.4 Å². The maximum absolute atomic E-state index is 4.58. The standard InChI is InChI=1S/C11H18N2S/c1-8(14-5)9-6-7-12-10(13-9)11(2,3)4/h6-8H,1-5H3. The molecule has 0 radical (unpaired) electrons. The first-order chi connectivity index (χ1) is 6.45. The lowest BCUT2D eigenvalue weighted by Crippen LogP contribution is -2.16. The molecular weight excluding hydrogens is 192 g/mol. The number of nitrogens with zero attached hydrogens (tertiary/aromatic N) is 2. The molecule has 0 amide bonds. The maximum Gasteiger partial charge on any atom is 0.133 e. The second-order valence-corrected chi connectivity index (χ2v) is 5.61. The van der Waals surface area contributed by atoms with E-state index in [1.165, 1.54) is 0 Å². The van der Waals surface area contributed by atoms with Gasteiger partial charge in [0, 0.05) is 16.9 Å². The van der Waals surface area contributed by atoms with Gasteiger partial charge in [-0.05, 0) is 19.2 Å². The molecule has 0 N–H and O–H groups in total. The zero-order valence-corrected chi connectivity index (χ0v) is 10.4. The van der Waals surface area contributed by atoms with Crippen molar-refractivity contribution in [2.75, 3.05) is 6.26 Å². The lowest BCUT2D eigenvalue weighted by atomic mass is 9.95. The molecule has 1 unspecified atom stereocenters. The summed E-state index contributed by atoms with van der Waals surface area (Å²) in [4.78, 5) is 8.89. The first-order valence-corrected chi connectivity index (χ1v) is 6.10. The van der Waals surface area contributed by atoms with Gasteiger partial charge in [0.2, 0.25) is 0 Å². The largest absolute Gasteiger partial charge is 0.241 e. The van der Waals surface area contributed by atoms with Crippen LogP contribution in [0.5, 0.6) is 0 Å². The molecule has 0 aliphatic carbocycles. The van der Waals surface area contributed by atoms with E-state index < -0.39 is 0 Å². The molecule has 0 saturated carbocycles. The van der Waals surface area contributed by atoms with Gasteiger partial charge in [0.1, 0.15) is 5.82 Å². The van der Waals surface area contributed by atoms with Gasteiger partial charge in [-0.15, -0.1) is 0 Å². The minimum atomic E-state index is 0.0359. The first-order valence-electron chi connectivity index (χ1n) is 4.81. The zero-order valence-electron chi connectivity index (χ0n) is 9.53. The Kier molecular flexibility index (Phi) is 3.53. The summed E-state index contributed by atoms with van der Waals surface area (Å²) in [6, 6.07) is 2.00. The summed E-state index contributed by atoms with van der Waals surface area (Å²) in [7, 11) is 0. The van der Waals surface area contributed by atoms with Gasteiger partial charge in [-0.3, -0.25) is 0 Å². The van der Waals surface area contributed by atoms with E-state index in [4.69, 9.17) is 0 Å². The molecule has 1 aromatic heterocycles.